The zero-order valence-corrected chi connectivity index (χ0v) is 12.8. The van der Waals surface area contributed by atoms with Gasteiger partial charge in [-0.25, -0.2) is 0 Å². The second-order valence-electron chi connectivity index (χ2n) is 7.34. The highest BCUT2D eigenvalue weighted by Crippen LogP contribution is 2.58. The van der Waals surface area contributed by atoms with E-state index >= 15 is 0 Å². The number of hydrogen-bond acceptors (Lipinski definition) is 3. The van der Waals surface area contributed by atoms with Crippen molar-refractivity contribution in [1.29, 1.82) is 0 Å². The molecule has 22 heavy (non-hydrogen) atoms. The van der Waals surface area contributed by atoms with Gasteiger partial charge in [-0.15, -0.1) is 0 Å². The number of ketones is 1. The Labute approximate surface area is 130 Å². The molecule has 4 heterocycles. The molecule has 3 saturated heterocycles. The van der Waals surface area contributed by atoms with Gasteiger partial charge < -0.3 is 4.42 Å². The minimum Gasteiger partial charge on any atom is -0.464 e. The first-order chi connectivity index (χ1) is 10.8. The van der Waals surface area contributed by atoms with Crippen molar-refractivity contribution >= 4 is 16.8 Å². The Morgan fingerprint density at radius 1 is 1.23 bits per heavy atom. The van der Waals surface area contributed by atoms with Crippen molar-refractivity contribution in [3.8, 4) is 0 Å². The minimum absolute atomic E-state index is 0.313. The predicted octanol–water partition coefficient (Wildman–Crippen LogP) is 3.88. The molecule has 4 fully saturated rings. The molecule has 2 bridgehead atoms. The zero-order valence-electron chi connectivity index (χ0n) is 12.8. The Kier molecular flexibility index (Phi) is 2.61. The summed E-state index contributed by atoms with van der Waals surface area (Å²) in [4.78, 5) is 15.5. The van der Waals surface area contributed by atoms with Crippen LogP contribution in [0, 0.1) is 11.8 Å². The molecule has 1 atom stereocenters. The Balaban J connectivity index is 1.42. The van der Waals surface area contributed by atoms with Crippen molar-refractivity contribution in [2.75, 3.05) is 13.1 Å². The summed E-state index contributed by atoms with van der Waals surface area (Å²) in [7, 11) is 0. The third-order valence-corrected chi connectivity index (χ3v) is 6.37. The van der Waals surface area contributed by atoms with Crippen LogP contribution >= 0.6 is 0 Å². The van der Waals surface area contributed by atoms with Gasteiger partial charge in [-0.2, -0.15) is 0 Å². The molecular weight excluding hydrogens is 274 g/mol. The highest BCUT2D eigenvalue weighted by Gasteiger charge is 2.60. The maximum Gasteiger partial charge on any atom is 0.163 e. The molecule has 1 aliphatic carbocycles. The topological polar surface area (TPSA) is 33.5 Å². The molecular formula is C19H21NO2. The van der Waals surface area contributed by atoms with E-state index in [1.54, 1.807) is 6.26 Å². The van der Waals surface area contributed by atoms with E-state index in [4.69, 9.17) is 4.42 Å². The van der Waals surface area contributed by atoms with Crippen LogP contribution in [0.15, 0.2) is 34.9 Å². The first-order valence-corrected chi connectivity index (χ1v) is 8.52. The number of nitrogens with zero attached hydrogens (tertiary/aromatic N) is 1. The van der Waals surface area contributed by atoms with Crippen LogP contribution in [-0.2, 0) is 0 Å². The molecule has 0 N–H and O–H groups in total. The molecule has 0 unspecified atom stereocenters. The Hall–Kier alpha value is -1.61. The number of hydrogen-bond donors (Lipinski definition) is 0. The monoisotopic (exact) mass is 295 g/mol. The van der Waals surface area contributed by atoms with Crippen molar-refractivity contribution in [2.24, 2.45) is 11.8 Å². The van der Waals surface area contributed by atoms with Crippen molar-refractivity contribution in [3.63, 3.8) is 0 Å². The van der Waals surface area contributed by atoms with Crippen LogP contribution in [0.1, 0.15) is 42.5 Å². The van der Waals surface area contributed by atoms with Crippen molar-refractivity contribution in [3.05, 3.63) is 36.1 Å². The third-order valence-electron chi connectivity index (χ3n) is 6.37. The normalized spacial score (nSPS) is 31.7. The Morgan fingerprint density at radius 2 is 2.05 bits per heavy atom. The SMILES string of the molecule is O=C(C[C@@H]1C2CCN(CC2)C12CC2)c1ccc2occc2c1. The molecule has 3 aliphatic heterocycles. The summed E-state index contributed by atoms with van der Waals surface area (Å²) >= 11 is 0. The number of fused-ring (bicyclic) bond motifs is 3. The molecule has 1 aromatic heterocycles. The number of carbonyl (C=O) groups is 1. The summed E-state index contributed by atoms with van der Waals surface area (Å²) in [6, 6.07) is 7.77. The number of rotatable bonds is 3. The summed E-state index contributed by atoms with van der Waals surface area (Å²) in [5.74, 6) is 1.67. The fraction of sp³-hybridized carbons (Fsp3) is 0.526. The van der Waals surface area contributed by atoms with Crippen molar-refractivity contribution < 1.29 is 9.21 Å². The number of piperidine rings is 3. The van der Waals surface area contributed by atoms with Gasteiger partial charge in [0.15, 0.2) is 5.78 Å². The molecule has 3 nitrogen and oxygen atoms in total. The van der Waals surface area contributed by atoms with Gasteiger partial charge in [0.25, 0.3) is 0 Å². The van der Waals surface area contributed by atoms with Crippen LogP contribution in [0.2, 0.25) is 0 Å². The lowest BCUT2D eigenvalue weighted by Crippen LogP contribution is -2.57. The molecule has 3 heteroatoms. The van der Waals surface area contributed by atoms with Crippen LogP contribution in [-0.4, -0.2) is 29.3 Å². The van der Waals surface area contributed by atoms with Crippen LogP contribution < -0.4 is 0 Å². The maximum atomic E-state index is 12.8. The van der Waals surface area contributed by atoms with Gasteiger partial charge in [-0.05, 0) is 74.9 Å². The predicted molar refractivity (Wildman–Crippen MR) is 84.9 cm³/mol. The van der Waals surface area contributed by atoms with E-state index in [1.165, 1.54) is 38.8 Å². The molecule has 1 aromatic carbocycles. The number of furan rings is 1. The van der Waals surface area contributed by atoms with Gasteiger partial charge >= 0.3 is 0 Å². The Bertz CT molecular complexity index is 735. The molecule has 6 rings (SSSR count). The van der Waals surface area contributed by atoms with Gasteiger partial charge in [0, 0.05) is 22.9 Å². The van der Waals surface area contributed by atoms with Gasteiger partial charge in [-0.1, -0.05) is 0 Å². The first kappa shape index (κ1) is 12.9. The number of benzene rings is 1. The maximum absolute atomic E-state index is 12.8. The molecule has 1 saturated carbocycles. The average Bonchev–Trinajstić information content (AvgIpc) is 3.18. The van der Waals surface area contributed by atoms with Crippen molar-refractivity contribution in [1.82, 2.24) is 4.90 Å². The van der Waals surface area contributed by atoms with E-state index in [1.807, 2.05) is 24.3 Å². The van der Waals surface area contributed by atoms with E-state index in [2.05, 4.69) is 4.90 Å². The standard InChI is InChI=1S/C19H21NO2/c21-17(14-1-2-18-15(11-14)5-10-22-18)12-16-13-3-8-20(9-4-13)19(16)6-7-19/h1-2,5,10-11,13,16H,3-4,6-9,12H2/t16-/m1/s1. The van der Waals surface area contributed by atoms with Crippen LogP contribution in [0.4, 0.5) is 0 Å². The summed E-state index contributed by atoms with van der Waals surface area (Å²) in [5, 5.41) is 1.03. The molecule has 0 amide bonds. The summed E-state index contributed by atoms with van der Waals surface area (Å²) in [6.07, 6.45) is 7.61. The molecule has 4 aliphatic rings. The number of carbonyl (C=O) groups excluding carboxylic acids is 1. The lowest BCUT2D eigenvalue weighted by atomic mass is 9.69. The Morgan fingerprint density at radius 3 is 2.82 bits per heavy atom. The quantitative estimate of drug-likeness (QED) is 0.806. The van der Waals surface area contributed by atoms with Gasteiger partial charge in [0.1, 0.15) is 5.58 Å². The van der Waals surface area contributed by atoms with E-state index in [0.29, 0.717) is 17.2 Å². The second kappa shape index (κ2) is 4.45. The van der Waals surface area contributed by atoms with Gasteiger partial charge in [0.05, 0.1) is 6.26 Å². The fourth-order valence-electron chi connectivity index (χ4n) is 5.05. The molecule has 2 aromatic rings. The third kappa shape index (κ3) is 1.75. The lowest BCUT2D eigenvalue weighted by molar-refractivity contribution is -0.0274. The summed E-state index contributed by atoms with van der Waals surface area (Å²) in [6.45, 7) is 2.52. The van der Waals surface area contributed by atoms with Crippen molar-refractivity contribution in [2.45, 2.75) is 37.6 Å². The van der Waals surface area contributed by atoms with Crippen LogP contribution in [0.25, 0.3) is 11.0 Å². The fourth-order valence-corrected chi connectivity index (χ4v) is 5.05. The van der Waals surface area contributed by atoms with Gasteiger partial charge in [-0.3, -0.25) is 9.69 Å². The summed E-state index contributed by atoms with van der Waals surface area (Å²) < 4.78 is 5.37. The highest BCUT2D eigenvalue weighted by atomic mass is 16.3. The minimum atomic E-state index is 0.313. The van der Waals surface area contributed by atoms with Crippen LogP contribution in [0.5, 0.6) is 0 Å². The molecule has 114 valence electrons. The van der Waals surface area contributed by atoms with E-state index in [0.717, 1.165) is 28.9 Å². The smallest absolute Gasteiger partial charge is 0.163 e. The molecule has 1 spiro atoms. The number of Topliss-reactive ketones (excluding diaryl/α,β-unsaturated/α-hetero) is 1. The van der Waals surface area contributed by atoms with E-state index < -0.39 is 0 Å². The highest BCUT2D eigenvalue weighted by molar-refractivity contribution is 5.99. The lowest BCUT2D eigenvalue weighted by Gasteiger charge is -2.52. The van der Waals surface area contributed by atoms with E-state index in [-0.39, 0.29) is 0 Å². The summed E-state index contributed by atoms with van der Waals surface area (Å²) in [5.41, 5.74) is 2.11. The molecule has 0 radical (unpaired) electrons. The average molecular weight is 295 g/mol. The first-order valence-electron chi connectivity index (χ1n) is 8.52. The van der Waals surface area contributed by atoms with E-state index in [9.17, 15) is 4.79 Å². The second-order valence-corrected chi connectivity index (χ2v) is 7.34. The van der Waals surface area contributed by atoms with Crippen LogP contribution in [0.3, 0.4) is 0 Å². The largest absolute Gasteiger partial charge is 0.464 e. The zero-order chi connectivity index (χ0) is 14.7. The van der Waals surface area contributed by atoms with Gasteiger partial charge in [0.2, 0.25) is 0 Å².